The number of amides is 2. The molecule has 0 aliphatic heterocycles. The lowest BCUT2D eigenvalue weighted by Gasteiger charge is -2.11. The van der Waals surface area contributed by atoms with Crippen molar-refractivity contribution in [3.05, 3.63) is 198 Å². The number of H-pyrrole nitrogens is 1. The van der Waals surface area contributed by atoms with Crippen LogP contribution in [0, 0.1) is 46.6 Å². The van der Waals surface area contributed by atoms with Crippen LogP contribution in [0.2, 0.25) is 0 Å². The van der Waals surface area contributed by atoms with Crippen LogP contribution in [-0.2, 0) is 14.1 Å². The number of pyridine rings is 3. The Balaban J connectivity index is 0.000000279. The zero-order valence-electron chi connectivity index (χ0n) is 37.2. The quantitative estimate of drug-likeness (QED) is 0.0376. The molecule has 344 valence electrons. The van der Waals surface area contributed by atoms with E-state index in [4.69, 9.17) is 18.6 Å². The third kappa shape index (κ3) is 15.9. The number of nitrogens with one attached hydrogen (secondary N) is 6. The highest BCUT2D eigenvalue weighted by Crippen LogP contribution is 2.28. The molecule has 0 atom stereocenters. The molecule has 0 saturated heterocycles. The number of terminal acetylenes is 2. The Bertz CT molecular complexity index is 3160. The zero-order chi connectivity index (χ0) is 47.5. The van der Waals surface area contributed by atoms with Gasteiger partial charge in [-0.3, -0.25) is 19.7 Å². The first kappa shape index (κ1) is 52.2. The first-order valence-corrected chi connectivity index (χ1v) is 20.5. The van der Waals surface area contributed by atoms with E-state index in [0.29, 0.717) is 33.6 Å². The summed E-state index contributed by atoms with van der Waals surface area (Å²) in [5.41, 5.74) is 14.6. The van der Waals surface area contributed by atoms with Crippen LogP contribution < -0.4 is 71.2 Å². The third-order valence-electron chi connectivity index (χ3n) is 9.57. The van der Waals surface area contributed by atoms with Gasteiger partial charge in [-0.1, -0.05) is 12.1 Å². The van der Waals surface area contributed by atoms with E-state index in [-0.39, 0.29) is 42.3 Å². The lowest BCUT2D eigenvalue weighted by Crippen LogP contribution is -3.00. The molecule has 16 heteroatoms. The first-order chi connectivity index (χ1) is 32.5. The summed E-state index contributed by atoms with van der Waals surface area (Å²) >= 11 is 0. The molecule has 3 heterocycles. The number of nitro groups is 1. The third-order valence-corrected chi connectivity index (χ3v) is 9.57. The Kier molecular flexibility index (Phi) is 19.6. The van der Waals surface area contributed by atoms with Gasteiger partial charge >= 0.3 is 0 Å². The summed E-state index contributed by atoms with van der Waals surface area (Å²) < 4.78 is 3.91. The number of nitrogens with two attached hydrogens (primary N) is 1. The number of hydrogen-bond acceptors (Lipinski definition) is 8. The smallest absolute Gasteiger partial charge is 0.270 e. The number of anilines is 9. The topological polar surface area (TPSA) is 185 Å². The standard InChI is InChI=1S/C28H22N6O3.C19H18N4O.C6H2.2ClH/c1-33-15-12-22(13-16-33)30-23-4-2-3-19(17-23)28(35)32-21-7-5-20(6-8-21)31-27-11-14-29-26-10-9-24(34(36)37)18-25(26)27;1-23-11-9-17(10-12-23)21-18-4-2-3-14(13-18)19(24)22-16-7-5-15(20)6-8-16;1-3-5-6-4-2;;/h2-18H,1H3,(H2,29,31,32,35);2-13H,20H2,1H3,(H,22,24);1-2H;2*1H/p+1. The Morgan fingerprint density at radius 3 is 1.49 bits per heavy atom. The Morgan fingerprint density at radius 2 is 1.03 bits per heavy atom. The summed E-state index contributed by atoms with van der Waals surface area (Å²) in [4.78, 5) is 39.1. The summed E-state index contributed by atoms with van der Waals surface area (Å²) in [6.45, 7) is 0. The van der Waals surface area contributed by atoms with Crippen LogP contribution in [0.25, 0.3) is 10.9 Å². The van der Waals surface area contributed by atoms with Gasteiger partial charge in [0.05, 0.1) is 27.4 Å². The minimum absolute atomic E-state index is 0. The van der Waals surface area contributed by atoms with Crippen molar-refractivity contribution in [2.75, 3.05) is 32.3 Å². The highest BCUT2D eigenvalue weighted by atomic mass is 35.5. The first-order valence-electron chi connectivity index (χ1n) is 20.5. The number of nitro benzene ring substituents is 1. The van der Waals surface area contributed by atoms with Crippen LogP contribution in [-0.4, -0.2) is 16.7 Å². The van der Waals surface area contributed by atoms with E-state index in [1.54, 1.807) is 66.9 Å². The number of rotatable bonds is 11. The van der Waals surface area contributed by atoms with Crippen molar-refractivity contribution >= 4 is 79.6 Å². The molecule has 8 N–H and O–H groups in total. The molecule has 0 unspecified atom stereocenters. The molecular formula is C53H45Cl2N10O4+. The number of benzene rings is 5. The van der Waals surface area contributed by atoms with E-state index >= 15 is 0 Å². The van der Waals surface area contributed by atoms with Crippen molar-refractivity contribution in [2.45, 2.75) is 0 Å². The molecule has 0 bridgehead atoms. The molecule has 0 radical (unpaired) electrons. The summed E-state index contributed by atoms with van der Waals surface area (Å²) in [7, 11) is 3.92. The minimum atomic E-state index is -0.416. The van der Waals surface area contributed by atoms with Crippen molar-refractivity contribution < 1.29 is 53.4 Å². The van der Waals surface area contributed by atoms with Gasteiger partial charge in [-0.05, 0) is 109 Å². The molecule has 0 fully saturated rings. The fourth-order valence-corrected chi connectivity index (χ4v) is 6.22. The van der Waals surface area contributed by atoms with Gasteiger partial charge in [-0.15, -0.1) is 12.8 Å². The number of fused-ring (bicyclic) bond motifs is 1. The van der Waals surface area contributed by atoms with Crippen LogP contribution in [0.3, 0.4) is 0 Å². The van der Waals surface area contributed by atoms with E-state index < -0.39 is 4.92 Å². The van der Waals surface area contributed by atoms with E-state index in [1.807, 2.05) is 121 Å². The number of carbonyl (C=O) groups is 2. The lowest BCUT2D eigenvalue weighted by molar-refractivity contribution is -0.671. The second kappa shape index (κ2) is 25.9. The Hall–Kier alpha value is -9.39. The van der Waals surface area contributed by atoms with E-state index in [1.165, 1.54) is 12.1 Å². The lowest BCUT2D eigenvalue weighted by atomic mass is 10.1. The van der Waals surface area contributed by atoms with Crippen LogP contribution in [0.1, 0.15) is 20.7 Å². The van der Waals surface area contributed by atoms with Gasteiger partial charge in [0.25, 0.3) is 17.5 Å². The van der Waals surface area contributed by atoms with Gasteiger partial charge in [0.2, 0.25) is 5.52 Å². The normalized spacial score (nSPS) is 9.51. The van der Waals surface area contributed by atoms with Gasteiger partial charge < -0.3 is 57.1 Å². The van der Waals surface area contributed by atoms with Gasteiger partial charge in [-0.2, -0.15) is 0 Å². The minimum Gasteiger partial charge on any atom is -1.00 e. The number of nitrogens with zero attached hydrogens (tertiary/aromatic N) is 3. The van der Waals surface area contributed by atoms with E-state index in [9.17, 15) is 19.7 Å². The molecule has 0 aliphatic rings. The van der Waals surface area contributed by atoms with Crippen molar-refractivity contribution in [1.82, 2.24) is 0 Å². The highest BCUT2D eigenvalue weighted by molar-refractivity contribution is 6.05. The molecule has 69 heavy (non-hydrogen) atoms. The molecule has 3 aromatic heterocycles. The summed E-state index contributed by atoms with van der Waals surface area (Å²) in [6.07, 6.45) is 19.0. The predicted molar refractivity (Wildman–Crippen MR) is 264 cm³/mol. The molecule has 8 rings (SSSR count). The summed E-state index contributed by atoms with van der Waals surface area (Å²) in [5, 5.41) is 27.6. The molecule has 0 saturated carbocycles. The van der Waals surface area contributed by atoms with Crippen LogP contribution in [0.15, 0.2) is 177 Å². The van der Waals surface area contributed by atoms with Crippen LogP contribution in [0.5, 0.6) is 0 Å². The number of aromatic nitrogens is 3. The average Bonchev–Trinajstić information content (AvgIpc) is 3.34. The second-order valence-electron chi connectivity index (χ2n) is 14.6. The highest BCUT2D eigenvalue weighted by Gasteiger charge is 2.14. The summed E-state index contributed by atoms with van der Waals surface area (Å²) in [6, 6.07) is 43.4. The molecular weight excluding hydrogens is 912 g/mol. The molecule has 14 nitrogen and oxygen atoms in total. The summed E-state index contributed by atoms with van der Waals surface area (Å²) in [5.74, 6) is 8.22. The predicted octanol–water partition coefficient (Wildman–Crippen LogP) is 2.48. The second-order valence-corrected chi connectivity index (χ2v) is 14.6. The molecule has 2 amide bonds. The monoisotopic (exact) mass is 955 g/mol. The largest absolute Gasteiger partial charge is 1.00 e. The van der Waals surface area contributed by atoms with Gasteiger partial charge in [0, 0.05) is 93.8 Å². The number of aryl methyl sites for hydroxylation is 2. The van der Waals surface area contributed by atoms with E-state index in [0.717, 1.165) is 39.6 Å². The van der Waals surface area contributed by atoms with E-state index in [2.05, 4.69) is 55.2 Å². The van der Waals surface area contributed by atoms with Gasteiger partial charge in [0.1, 0.15) is 14.1 Å². The molecule has 5 aromatic carbocycles. The maximum absolute atomic E-state index is 12.9. The number of hydrogen-bond donors (Lipinski definition) is 6. The van der Waals surface area contributed by atoms with Crippen molar-refractivity contribution in [3.63, 3.8) is 0 Å². The molecule has 0 aliphatic carbocycles. The van der Waals surface area contributed by atoms with Crippen molar-refractivity contribution in [3.8, 4) is 36.5 Å². The average molecular weight is 957 g/mol. The van der Waals surface area contributed by atoms with Gasteiger partial charge in [0.15, 0.2) is 31.0 Å². The van der Waals surface area contributed by atoms with Crippen molar-refractivity contribution in [1.29, 1.82) is 0 Å². The van der Waals surface area contributed by atoms with Crippen molar-refractivity contribution in [2.24, 2.45) is 14.1 Å². The Labute approximate surface area is 412 Å². The fourth-order valence-electron chi connectivity index (χ4n) is 6.22. The van der Waals surface area contributed by atoms with Gasteiger partial charge in [-0.25, -0.2) is 14.1 Å². The maximum Gasteiger partial charge on any atom is 0.270 e. The number of aromatic amines is 1. The number of carbonyl (C=O) groups excluding carboxylic acids is 2. The Morgan fingerprint density at radius 1 is 0.580 bits per heavy atom. The molecule has 8 aromatic rings. The number of nitrogen functional groups attached to an aromatic ring is 1. The zero-order valence-corrected chi connectivity index (χ0v) is 38.7. The number of non-ortho nitro benzene ring substituents is 1. The number of halogens is 2. The molecule has 0 spiro atoms. The van der Waals surface area contributed by atoms with Crippen LogP contribution in [0.4, 0.5) is 56.9 Å². The SMILES string of the molecule is C#CC#CC#C.C[n+]1ccc(Nc2cccc(C(=O)Nc3ccc(N)cc3)c2)cc1.C[n+]1ccc(Nc2cccc(C(=O)Nc3ccc(Nc4cc[nH+]c5ccc([N+](=O)[O-])cc45)cc3)c2)cc1.[Cl-].[Cl-]. The van der Waals surface area contributed by atoms with Crippen LogP contribution >= 0.6 is 0 Å². The maximum atomic E-state index is 12.9. The fraction of sp³-hybridized carbons (Fsp3) is 0.0377.